The average molecular weight is 835 g/mol. The minimum Gasteiger partial charge on any atom is -0.462 e. The standard InChI is InChI=1S/C55H94O5/c1-3-5-7-9-11-13-15-16-17-18-19-20-21-22-23-24-25-26-27-28-29-30-31-32-33-34-35-36-37-38-40-42-44-46-48-50-55(58)60-53(51-56)52-59-54(57)49-47-45-43-41-39-14-12-10-8-6-4-2/h5,7,11,13,16-17,19-20,22-23,25-26,28-29,53,56H,3-4,6,8-10,12,14-15,18,21,24,27,30-52H2,1-2H3/b7-5-,13-11-,17-16-,20-19-,23-22-,26-25-,29-28-. The smallest absolute Gasteiger partial charge is 0.306 e. The van der Waals surface area contributed by atoms with Gasteiger partial charge in [0, 0.05) is 12.8 Å². The van der Waals surface area contributed by atoms with Crippen LogP contribution in [0.4, 0.5) is 0 Å². The fraction of sp³-hybridized carbons (Fsp3) is 0.709. The predicted molar refractivity (Wildman–Crippen MR) is 260 cm³/mol. The molecule has 1 unspecified atom stereocenters. The van der Waals surface area contributed by atoms with Crippen LogP contribution in [0.2, 0.25) is 0 Å². The number of carbonyl (C=O) groups is 2. The van der Waals surface area contributed by atoms with E-state index in [2.05, 4.69) is 98.9 Å². The molecule has 0 amide bonds. The van der Waals surface area contributed by atoms with Crippen molar-refractivity contribution < 1.29 is 24.2 Å². The highest BCUT2D eigenvalue weighted by molar-refractivity contribution is 5.70. The van der Waals surface area contributed by atoms with E-state index < -0.39 is 6.10 Å². The number of ether oxygens (including phenoxy) is 2. The van der Waals surface area contributed by atoms with Crippen LogP contribution in [0.5, 0.6) is 0 Å². The molecule has 0 aromatic carbocycles. The number of hydrogen-bond acceptors (Lipinski definition) is 5. The molecule has 0 heterocycles. The third-order valence-corrected chi connectivity index (χ3v) is 10.7. The molecule has 344 valence electrons. The third-order valence-electron chi connectivity index (χ3n) is 10.7. The summed E-state index contributed by atoms with van der Waals surface area (Å²) in [5, 5.41) is 9.59. The molecule has 5 heteroatoms. The molecular formula is C55H94O5. The Labute approximate surface area is 371 Å². The van der Waals surface area contributed by atoms with E-state index >= 15 is 0 Å². The van der Waals surface area contributed by atoms with Crippen LogP contribution in [0.25, 0.3) is 0 Å². The van der Waals surface area contributed by atoms with Gasteiger partial charge in [-0.15, -0.1) is 0 Å². The summed E-state index contributed by atoms with van der Waals surface area (Å²) in [6, 6.07) is 0. The summed E-state index contributed by atoms with van der Waals surface area (Å²) in [4.78, 5) is 24.3. The van der Waals surface area contributed by atoms with Gasteiger partial charge in [-0.1, -0.05) is 234 Å². The lowest BCUT2D eigenvalue weighted by atomic mass is 10.0. The van der Waals surface area contributed by atoms with Gasteiger partial charge in [-0.3, -0.25) is 9.59 Å². The van der Waals surface area contributed by atoms with Crippen LogP contribution >= 0.6 is 0 Å². The number of hydrogen-bond donors (Lipinski definition) is 1. The number of aliphatic hydroxyl groups excluding tert-OH is 1. The molecule has 0 aliphatic rings. The van der Waals surface area contributed by atoms with E-state index in [1.54, 1.807) is 0 Å². The molecule has 0 aliphatic heterocycles. The molecule has 0 saturated carbocycles. The van der Waals surface area contributed by atoms with E-state index in [0.29, 0.717) is 12.8 Å². The maximum absolute atomic E-state index is 12.2. The monoisotopic (exact) mass is 835 g/mol. The largest absolute Gasteiger partial charge is 0.462 e. The van der Waals surface area contributed by atoms with Crippen LogP contribution in [0, 0.1) is 0 Å². The van der Waals surface area contributed by atoms with E-state index in [9.17, 15) is 14.7 Å². The van der Waals surface area contributed by atoms with E-state index in [1.165, 1.54) is 122 Å². The van der Waals surface area contributed by atoms with Gasteiger partial charge in [-0.05, 0) is 70.6 Å². The van der Waals surface area contributed by atoms with Crippen LogP contribution in [-0.4, -0.2) is 36.4 Å². The fourth-order valence-electron chi connectivity index (χ4n) is 6.95. The molecule has 0 saturated heterocycles. The molecule has 5 nitrogen and oxygen atoms in total. The van der Waals surface area contributed by atoms with Gasteiger partial charge >= 0.3 is 11.9 Å². The second kappa shape index (κ2) is 50.4. The first-order chi connectivity index (χ1) is 29.6. The first kappa shape index (κ1) is 57.1. The summed E-state index contributed by atoms with van der Waals surface area (Å²) in [6.07, 6.45) is 69.7. The van der Waals surface area contributed by atoms with Gasteiger partial charge in [0.05, 0.1) is 6.61 Å². The van der Waals surface area contributed by atoms with E-state index in [0.717, 1.165) is 83.5 Å². The molecule has 0 aromatic rings. The summed E-state index contributed by atoms with van der Waals surface area (Å²) in [6.45, 7) is 4.02. The molecule has 0 bridgehead atoms. The van der Waals surface area contributed by atoms with Crippen molar-refractivity contribution in [2.24, 2.45) is 0 Å². The van der Waals surface area contributed by atoms with Gasteiger partial charge in [-0.2, -0.15) is 0 Å². The molecule has 0 radical (unpaired) electrons. The fourth-order valence-corrected chi connectivity index (χ4v) is 6.95. The summed E-state index contributed by atoms with van der Waals surface area (Å²) < 4.78 is 10.6. The second-order valence-electron chi connectivity index (χ2n) is 16.5. The van der Waals surface area contributed by atoms with Gasteiger partial charge in [0.15, 0.2) is 6.10 Å². The molecule has 1 atom stereocenters. The Morgan fingerprint density at radius 1 is 0.400 bits per heavy atom. The zero-order valence-electron chi connectivity index (χ0n) is 39.2. The van der Waals surface area contributed by atoms with Crippen LogP contribution in [0.1, 0.15) is 232 Å². The SMILES string of the molecule is CC/C=C\C/C=C\C/C=C\C/C=C\C/C=C\C/C=C\C/C=C\CCCCCCCCCCCCCCCC(=O)OC(CO)COC(=O)CCCCCCCCCCCCC. The summed E-state index contributed by atoms with van der Waals surface area (Å²) in [5.41, 5.74) is 0. The van der Waals surface area contributed by atoms with Crippen LogP contribution in [0.15, 0.2) is 85.1 Å². The number of unbranched alkanes of at least 4 members (excludes halogenated alkanes) is 23. The summed E-state index contributed by atoms with van der Waals surface area (Å²) in [5.74, 6) is -0.590. The van der Waals surface area contributed by atoms with Crippen molar-refractivity contribution in [3.63, 3.8) is 0 Å². The number of aliphatic hydroxyl groups is 1. The highest BCUT2D eigenvalue weighted by atomic mass is 16.6. The minimum absolute atomic E-state index is 0.0659. The van der Waals surface area contributed by atoms with Crippen molar-refractivity contribution in [1.82, 2.24) is 0 Å². The lowest BCUT2D eigenvalue weighted by Crippen LogP contribution is -2.28. The highest BCUT2D eigenvalue weighted by Crippen LogP contribution is 2.15. The normalized spacial score (nSPS) is 12.9. The summed E-state index contributed by atoms with van der Waals surface area (Å²) in [7, 11) is 0. The van der Waals surface area contributed by atoms with Crippen LogP contribution in [0.3, 0.4) is 0 Å². The van der Waals surface area contributed by atoms with Crippen molar-refractivity contribution in [2.45, 2.75) is 238 Å². The Kier molecular flexibility index (Phi) is 48.0. The highest BCUT2D eigenvalue weighted by Gasteiger charge is 2.16. The zero-order chi connectivity index (χ0) is 43.5. The molecule has 0 spiro atoms. The van der Waals surface area contributed by atoms with Gasteiger partial charge in [0.1, 0.15) is 6.61 Å². The van der Waals surface area contributed by atoms with Gasteiger partial charge in [-0.25, -0.2) is 0 Å². The van der Waals surface area contributed by atoms with Crippen LogP contribution in [-0.2, 0) is 19.1 Å². The maximum Gasteiger partial charge on any atom is 0.306 e. The number of allylic oxidation sites excluding steroid dienone is 14. The third kappa shape index (κ3) is 47.8. The molecule has 0 rings (SSSR count). The average Bonchev–Trinajstić information content (AvgIpc) is 3.25. The minimum atomic E-state index is -0.772. The van der Waals surface area contributed by atoms with E-state index in [1.807, 2.05) is 0 Å². The lowest BCUT2D eigenvalue weighted by molar-refractivity contribution is -0.161. The predicted octanol–water partition coefficient (Wildman–Crippen LogP) is 16.6. The van der Waals surface area contributed by atoms with Crippen molar-refractivity contribution in [3.05, 3.63) is 85.1 Å². The van der Waals surface area contributed by atoms with Crippen LogP contribution < -0.4 is 0 Å². The molecule has 0 aliphatic carbocycles. The van der Waals surface area contributed by atoms with Crippen molar-refractivity contribution >= 4 is 11.9 Å². The van der Waals surface area contributed by atoms with E-state index in [4.69, 9.17) is 9.47 Å². The Morgan fingerprint density at radius 2 is 0.717 bits per heavy atom. The maximum atomic E-state index is 12.2. The van der Waals surface area contributed by atoms with Crippen molar-refractivity contribution in [3.8, 4) is 0 Å². The Hall–Kier alpha value is -2.92. The Morgan fingerprint density at radius 3 is 1.08 bits per heavy atom. The molecule has 1 N–H and O–H groups in total. The summed E-state index contributed by atoms with van der Waals surface area (Å²) >= 11 is 0. The second-order valence-corrected chi connectivity index (χ2v) is 16.5. The van der Waals surface area contributed by atoms with Gasteiger partial charge in [0.25, 0.3) is 0 Å². The number of esters is 2. The van der Waals surface area contributed by atoms with Crippen molar-refractivity contribution in [1.29, 1.82) is 0 Å². The number of carbonyl (C=O) groups excluding carboxylic acids is 2. The molecule has 0 aromatic heterocycles. The topological polar surface area (TPSA) is 72.8 Å². The van der Waals surface area contributed by atoms with Crippen molar-refractivity contribution in [2.75, 3.05) is 13.2 Å². The molecule has 0 fully saturated rings. The molecule has 60 heavy (non-hydrogen) atoms. The quantitative estimate of drug-likeness (QED) is 0.0376. The van der Waals surface area contributed by atoms with Gasteiger partial charge < -0.3 is 14.6 Å². The number of rotatable bonds is 45. The zero-order valence-corrected chi connectivity index (χ0v) is 39.2. The van der Waals surface area contributed by atoms with E-state index in [-0.39, 0.29) is 25.2 Å². The first-order valence-corrected chi connectivity index (χ1v) is 25.1. The first-order valence-electron chi connectivity index (χ1n) is 25.1. The Balaban J connectivity index is 3.51. The lowest BCUT2D eigenvalue weighted by Gasteiger charge is -2.15. The molecular weight excluding hydrogens is 741 g/mol. The Bertz CT molecular complexity index is 1130. The van der Waals surface area contributed by atoms with Gasteiger partial charge in [0.2, 0.25) is 0 Å².